The van der Waals surface area contributed by atoms with Gasteiger partial charge in [0.05, 0.1) is 17.8 Å². The maximum absolute atomic E-state index is 12.7. The molecule has 0 N–H and O–H groups in total. The molecule has 0 amide bonds. The largest absolute Gasteiger partial charge is 0.493 e. The van der Waals surface area contributed by atoms with Gasteiger partial charge in [0.15, 0.2) is 27.1 Å². The predicted octanol–water partition coefficient (Wildman–Crippen LogP) is 3.31. The van der Waals surface area contributed by atoms with Crippen LogP contribution in [0.4, 0.5) is 0 Å². The van der Waals surface area contributed by atoms with Gasteiger partial charge in [0.1, 0.15) is 6.61 Å². The summed E-state index contributed by atoms with van der Waals surface area (Å²) in [5.74, 6) is 0.441. The molecule has 0 atom stereocenters. The first-order chi connectivity index (χ1) is 12.5. The zero-order chi connectivity index (χ0) is 18.7. The Bertz CT molecular complexity index is 1000. The SMILES string of the molecule is C=CCOc1ccc(/C=C2\CS(=O)(=O)c3ccccc3C2=O)cc1OC. The van der Waals surface area contributed by atoms with Crippen molar-refractivity contribution in [1.29, 1.82) is 0 Å². The molecule has 0 saturated heterocycles. The van der Waals surface area contributed by atoms with E-state index < -0.39 is 9.84 Å². The number of rotatable bonds is 5. The van der Waals surface area contributed by atoms with E-state index in [4.69, 9.17) is 9.47 Å². The molecule has 5 nitrogen and oxygen atoms in total. The van der Waals surface area contributed by atoms with Gasteiger partial charge < -0.3 is 9.47 Å². The molecule has 2 aromatic rings. The van der Waals surface area contributed by atoms with Gasteiger partial charge in [0.2, 0.25) is 0 Å². The summed E-state index contributed by atoms with van der Waals surface area (Å²) in [6.07, 6.45) is 3.20. The number of ether oxygens (including phenoxy) is 2. The summed E-state index contributed by atoms with van der Waals surface area (Å²) in [6, 6.07) is 11.4. The Morgan fingerprint density at radius 2 is 1.92 bits per heavy atom. The molecule has 1 heterocycles. The average molecular weight is 370 g/mol. The van der Waals surface area contributed by atoms with Gasteiger partial charge in [-0.15, -0.1) is 0 Å². The van der Waals surface area contributed by atoms with Crippen LogP contribution in [0.25, 0.3) is 6.08 Å². The Morgan fingerprint density at radius 1 is 1.15 bits per heavy atom. The topological polar surface area (TPSA) is 69.7 Å². The molecule has 0 fully saturated rings. The minimum atomic E-state index is -3.54. The second-order valence-electron chi connectivity index (χ2n) is 5.76. The van der Waals surface area contributed by atoms with E-state index in [1.165, 1.54) is 19.2 Å². The van der Waals surface area contributed by atoms with E-state index >= 15 is 0 Å². The van der Waals surface area contributed by atoms with Crippen molar-refractivity contribution in [3.63, 3.8) is 0 Å². The molecule has 1 aliphatic rings. The molecule has 0 aliphatic carbocycles. The van der Waals surface area contributed by atoms with Crippen LogP contribution in [0, 0.1) is 0 Å². The standard InChI is InChI=1S/C20H18O5S/c1-3-10-25-17-9-8-14(12-18(17)24-2)11-15-13-26(22,23)19-7-5-4-6-16(19)20(15)21/h3-9,11-12H,1,10,13H2,2H3/b15-11+. The van der Waals surface area contributed by atoms with E-state index in [9.17, 15) is 13.2 Å². The number of carbonyl (C=O) groups excluding carboxylic acids is 1. The maximum atomic E-state index is 12.7. The van der Waals surface area contributed by atoms with Crippen LogP contribution in [-0.4, -0.2) is 33.7 Å². The molecule has 2 aromatic carbocycles. The van der Waals surface area contributed by atoms with Gasteiger partial charge in [-0.1, -0.05) is 30.9 Å². The highest BCUT2D eigenvalue weighted by molar-refractivity contribution is 7.91. The summed E-state index contributed by atoms with van der Waals surface area (Å²) < 4.78 is 35.7. The van der Waals surface area contributed by atoms with Crippen LogP contribution in [-0.2, 0) is 9.84 Å². The van der Waals surface area contributed by atoms with Gasteiger partial charge >= 0.3 is 0 Å². The van der Waals surface area contributed by atoms with Gasteiger partial charge in [-0.2, -0.15) is 0 Å². The van der Waals surface area contributed by atoms with Crippen LogP contribution in [0.1, 0.15) is 15.9 Å². The fourth-order valence-electron chi connectivity index (χ4n) is 2.80. The minimum Gasteiger partial charge on any atom is -0.493 e. The Balaban J connectivity index is 2.00. The first-order valence-corrected chi connectivity index (χ1v) is 9.60. The molecule has 0 saturated carbocycles. The van der Waals surface area contributed by atoms with E-state index in [2.05, 4.69) is 6.58 Å². The molecular weight excluding hydrogens is 352 g/mol. The number of benzene rings is 2. The lowest BCUT2D eigenvalue weighted by molar-refractivity contribution is 0.103. The fraction of sp³-hybridized carbons (Fsp3) is 0.150. The maximum Gasteiger partial charge on any atom is 0.191 e. The third-order valence-electron chi connectivity index (χ3n) is 3.99. The first kappa shape index (κ1) is 17.9. The Morgan fingerprint density at radius 3 is 2.65 bits per heavy atom. The number of methoxy groups -OCH3 is 1. The summed E-state index contributed by atoms with van der Waals surface area (Å²) in [5.41, 5.74) is 1.10. The lowest BCUT2D eigenvalue weighted by Gasteiger charge is -2.18. The van der Waals surface area contributed by atoms with Crippen molar-refractivity contribution >= 4 is 21.7 Å². The fourth-order valence-corrected chi connectivity index (χ4v) is 4.36. The van der Waals surface area contributed by atoms with Crippen LogP contribution in [0.3, 0.4) is 0 Å². The number of sulfone groups is 1. The summed E-state index contributed by atoms with van der Waals surface area (Å²) in [7, 11) is -2.02. The average Bonchev–Trinajstić information content (AvgIpc) is 2.64. The molecule has 0 radical (unpaired) electrons. The number of carbonyl (C=O) groups is 1. The van der Waals surface area contributed by atoms with Gasteiger partial charge in [-0.3, -0.25) is 4.79 Å². The summed E-state index contributed by atoms with van der Waals surface area (Å²) in [4.78, 5) is 12.8. The minimum absolute atomic E-state index is 0.0907. The molecule has 0 bridgehead atoms. The van der Waals surface area contributed by atoms with Gasteiger partial charge in [0, 0.05) is 11.1 Å². The van der Waals surface area contributed by atoms with Gasteiger partial charge in [-0.25, -0.2) is 8.42 Å². The zero-order valence-electron chi connectivity index (χ0n) is 14.3. The van der Waals surface area contributed by atoms with Crippen molar-refractivity contribution < 1.29 is 22.7 Å². The van der Waals surface area contributed by atoms with Crippen molar-refractivity contribution in [2.75, 3.05) is 19.5 Å². The van der Waals surface area contributed by atoms with Crippen LogP contribution in [0.5, 0.6) is 11.5 Å². The van der Waals surface area contributed by atoms with Crippen molar-refractivity contribution in [1.82, 2.24) is 0 Å². The normalized spacial score (nSPS) is 16.8. The third-order valence-corrected chi connectivity index (χ3v) is 5.71. The van der Waals surface area contributed by atoms with Gasteiger partial charge in [-0.05, 0) is 35.9 Å². The molecule has 0 spiro atoms. The number of hydrogen-bond donors (Lipinski definition) is 0. The number of hydrogen-bond acceptors (Lipinski definition) is 5. The highest BCUT2D eigenvalue weighted by Crippen LogP contribution is 2.32. The van der Waals surface area contributed by atoms with Crippen molar-refractivity contribution in [3.05, 3.63) is 71.8 Å². The van der Waals surface area contributed by atoms with E-state index in [1.54, 1.807) is 42.5 Å². The molecule has 1 aliphatic heterocycles. The quantitative estimate of drug-likeness (QED) is 0.597. The first-order valence-electron chi connectivity index (χ1n) is 7.95. The number of fused-ring (bicyclic) bond motifs is 1. The smallest absolute Gasteiger partial charge is 0.191 e. The van der Waals surface area contributed by atoms with E-state index in [0.29, 0.717) is 23.7 Å². The number of ketones is 1. The van der Waals surface area contributed by atoms with Crippen LogP contribution < -0.4 is 9.47 Å². The van der Waals surface area contributed by atoms with Crippen molar-refractivity contribution in [3.8, 4) is 11.5 Å². The molecule has 6 heteroatoms. The van der Waals surface area contributed by atoms with Crippen LogP contribution >= 0.6 is 0 Å². The summed E-state index contributed by atoms with van der Waals surface area (Å²) in [5, 5.41) is 0. The van der Waals surface area contributed by atoms with Crippen LogP contribution in [0.15, 0.2) is 65.6 Å². The molecule has 0 unspecified atom stereocenters. The molecule has 134 valence electrons. The summed E-state index contributed by atoms with van der Waals surface area (Å²) in [6.45, 7) is 3.93. The van der Waals surface area contributed by atoms with E-state index in [0.717, 1.165) is 0 Å². The lowest BCUT2D eigenvalue weighted by atomic mass is 10.0. The van der Waals surface area contributed by atoms with Crippen molar-refractivity contribution in [2.45, 2.75) is 4.90 Å². The Hall–Kier alpha value is -2.86. The molecule has 26 heavy (non-hydrogen) atoms. The highest BCUT2D eigenvalue weighted by Gasteiger charge is 2.32. The van der Waals surface area contributed by atoms with Crippen molar-refractivity contribution in [2.24, 2.45) is 0 Å². The summed E-state index contributed by atoms with van der Waals surface area (Å²) >= 11 is 0. The molecular formula is C20H18O5S. The van der Waals surface area contributed by atoms with E-state index in [1.807, 2.05) is 0 Å². The van der Waals surface area contributed by atoms with Crippen LogP contribution in [0.2, 0.25) is 0 Å². The highest BCUT2D eigenvalue weighted by atomic mass is 32.2. The zero-order valence-corrected chi connectivity index (χ0v) is 15.1. The van der Waals surface area contributed by atoms with E-state index in [-0.39, 0.29) is 27.6 Å². The second kappa shape index (κ2) is 7.17. The molecule has 0 aromatic heterocycles. The lowest BCUT2D eigenvalue weighted by Crippen LogP contribution is -2.24. The Kier molecular flexibility index (Phi) is 4.95. The predicted molar refractivity (Wildman–Crippen MR) is 99.5 cm³/mol. The Labute approximate surface area is 152 Å². The second-order valence-corrected chi connectivity index (χ2v) is 7.72. The number of Topliss-reactive ketones (excluding diaryl/α,β-unsaturated/α-hetero) is 1. The monoisotopic (exact) mass is 370 g/mol. The third kappa shape index (κ3) is 3.41. The molecule has 3 rings (SSSR count). The van der Waals surface area contributed by atoms with Gasteiger partial charge in [0.25, 0.3) is 0 Å².